The summed E-state index contributed by atoms with van der Waals surface area (Å²) in [6.45, 7) is 0. The zero-order valence-electron chi connectivity index (χ0n) is 12.0. The molecule has 0 aliphatic carbocycles. The van der Waals surface area contributed by atoms with Crippen molar-refractivity contribution in [2.45, 2.75) is 0 Å². The number of anilines is 2. The van der Waals surface area contributed by atoms with Crippen molar-refractivity contribution in [3.8, 4) is 11.3 Å². The SMILES string of the molecule is Nc1c(Cl)cc(NC(=O)c2cc(-c3ccccc3Cl)on2)cc1Cl. The van der Waals surface area contributed by atoms with Crippen molar-refractivity contribution in [2.24, 2.45) is 0 Å². The number of aromatic nitrogens is 1. The third-order valence-electron chi connectivity index (χ3n) is 3.22. The van der Waals surface area contributed by atoms with E-state index in [4.69, 9.17) is 45.1 Å². The lowest BCUT2D eigenvalue weighted by Crippen LogP contribution is -2.12. The van der Waals surface area contributed by atoms with Crippen molar-refractivity contribution in [3.63, 3.8) is 0 Å². The topological polar surface area (TPSA) is 81.1 Å². The zero-order valence-corrected chi connectivity index (χ0v) is 14.3. The van der Waals surface area contributed by atoms with Gasteiger partial charge in [-0.25, -0.2) is 0 Å². The number of hydrogen-bond acceptors (Lipinski definition) is 4. The second-order valence-electron chi connectivity index (χ2n) is 4.86. The Morgan fingerprint density at radius 2 is 1.71 bits per heavy atom. The minimum absolute atomic E-state index is 0.0917. The minimum atomic E-state index is -0.478. The van der Waals surface area contributed by atoms with Crippen molar-refractivity contribution < 1.29 is 9.32 Å². The van der Waals surface area contributed by atoms with Gasteiger partial charge in [0.15, 0.2) is 11.5 Å². The number of nitrogens with one attached hydrogen (secondary N) is 1. The van der Waals surface area contributed by atoms with Gasteiger partial charge in [0, 0.05) is 17.3 Å². The molecule has 0 unspecified atom stereocenters. The van der Waals surface area contributed by atoms with Gasteiger partial charge in [0.1, 0.15) is 0 Å². The summed E-state index contributed by atoms with van der Waals surface area (Å²) < 4.78 is 5.19. The Morgan fingerprint density at radius 3 is 2.38 bits per heavy atom. The van der Waals surface area contributed by atoms with Crippen molar-refractivity contribution >= 4 is 52.1 Å². The molecule has 122 valence electrons. The van der Waals surface area contributed by atoms with Gasteiger partial charge >= 0.3 is 0 Å². The van der Waals surface area contributed by atoms with Crippen LogP contribution in [0.25, 0.3) is 11.3 Å². The van der Waals surface area contributed by atoms with Crippen LogP contribution in [-0.4, -0.2) is 11.1 Å². The fraction of sp³-hybridized carbons (Fsp3) is 0. The summed E-state index contributed by atoms with van der Waals surface area (Å²) in [6.07, 6.45) is 0. The Kier molecular flexibility index (Phi) is 4.66. The Balaban J connectivity index is 1.83. The van der Waals surface area contributed by atoms with Crippen LogP contribution < -0.4 is 11.1 Å². The molecule has 2 aromatic carbocycles. The molecule has 0 atom stereocenters. The first-order chi connectivity index (χ1) is 11.5. The number of rotatable bonds is 3. The second kappa shape index (κ2) is 6.73. The fourth-order valence-electron chi connectivity index (χ4n) is 2.02. The third kappa shape index (κ3) is 3.33. The molecule has 3 N–H and O–H groups in total. The molecule has 0 saturated heterocycles. The predicted octanol–water partition coefficient (Wildman–Crippen LogP) is 5.14. The number of amides is 1. The first-order valence-electron chi connectivity index (χ1n) is 6.73. The number of carbonyl (C=O) groups is 1. The van der Waals surface area contributed by atoms with E-state index in [1.54, 1.807) is 18.2 Å². The van der Waals surface area contributed by atoms with Crippen LogP contribution in [-0.2, 0) is 0 Å². The van der Waals surface area contributed by atoms with E-state index in [1.807, 2.05) is 6.07 Å². The van der Waals surface area contributed by atoms with Crippen molar-refractivity contribution in [1.82, 2.24) is 5.16 Å². The van der Waals surface area contributed by atoms with Crippen LogP contribution in [0.15, 0.2) is 47.0 Å². The van der Waals surface area contributed by atoms with Crippen LogP contribution in [0.4, 0.5) is 11.4 Å². The van der Waals surface area contributed by atoms with Crippen LogP contribution >= 0.6 is 34.8 Å². The number of nitrogens with two attached hydrogens (primary N) is 1. The number of nitrogens with zero attached hydrogens (tertiary/aromatic N) is 1. The molecule has 3 rings (SSSR count). The van der Waals surface area contributed by atoms with Gasteiger partial charge in [-0.05, 0) is 24.3 Å². The van der Waals surface area contributed by atoms with E-state index in [-0.39, 0.29) is 21.4 Å². The molecule has 0 aliphatic heterocycles. The molecule has 0 saturated carbocycles. The van der Waals surface area contributed by atoms with Gasteiger partial charge in [0.2, 0.25) is 0 Å². The highest BCUT2D eigenvalue weighted by Gasteiger charge is 2.16. The van der Waals surface area contributed by atoms with Gasteiger partial charge in [-0.2, -0.15) is 0 Å². The molecule has 1 aromatic heterocycles. The molecule has 1 heterocycles. The summed E-state index contributed by atoms with van der Waals surface area (Å²) in [7, 11) is 0. The lowest BCUT2D eigenvalue weighted by molar-refractivity contribution is 0.101. The quantitative estimate of drug-likeness (QED) is 0.615. The smallest absolute Gasteiger partial charge is 0.277 e. The largest absolute Gasteiger partial charge is 0.396 e. The van der Waals surface area contributed by atoms with E-state index in [9.17, 15) is 4.79 Å². The van der Waals surface area contributed by atoms with Gasteiger partial charge in [0.05, 0.1) is 20.8 Å². The van der Waals surface area contributed by atoms with E-state index < -0.39 is 5.91 Å². The lowest BCUT2D eigenvalue weighted by Gasteiger charge is -2.07. The van der Waals surface area contributed by atoms with Crippen molar-refractivity contribution in [1.29, 1.82) is 0 Å². The van der Waals surface area contributed by atoms with Crippen LogP contribution in [0.1, 0.15) is 10.5 Å². The highest BCUT2D eigenvalue weighted by Crippen LogP contribution is 2.32. The molecule has 0 radical (unpaired) electrons. The molecule has 5 nitrogen and oxygen atoms in total. The second-order valence-corrected chi connectivity index (χ2v) is 6.09. The summed E-state index contributed by atoms with van der Waals surface area (Å²) in [6, 6.07) is 11.6. The fourth-order valence-corrected chi connectivity index (χ4v) is 2.74. The van der Waals surface area contributed by atoms with E-state index in [0.29, 0.717) is 22.0 Å². The number of benzene rings is 2. The first-order valence-corrected chi connectivity index (χ1v) is 7.86. The highest BCUT2D eigenvalue weighted by atomic mass is 35.5. The molecule has 0 aliphatic rings. The molecule has 24 heavy (non-hydrogen) atoms. The van der Waals surface area contributed by atoms with Crippen molar-refractivity contribution in [2.75, 3.05) is 11.1 Å². The Hall–Kier alpha value is -2.21. The summed E-state index contributed by atoms with van der Waals surface area (Å²) in [5.41, 5.74) is 7.04. The average Bonchev–Trinajstić information content (AvgIpc) is 3.03. The molecule has 1 amide bonds. The molecule has 0 bridgehead atoms. The molecular weight excluding hydrogens is 373 g/mol. The summed E-state index contributed by atoms with van der Waals surface area (Å²) in [5.74, 6) is -0.0897. The standard InChI is InChI=1S/C16H10Cl3N3O2/c17-10-4-2-1-3-9(10)14-7-13(22-24-14)16(23)21-8-5-11(18)15(20)12(19)6-8/h1-7H,20H2,(H,21,23). The first kappa shape index (κ1) is 16.6. The Labute approximate surface area is 152 Å². The summed E-state index contributed by atoms with van der Waals surface area (Å²) in [4.78, 5) is 12.3. The summed E-state index contributed by atoms with van der Waals surface area (Å²) >= 11 is 18.0. The summed E-state index contributed by atoms with van der Waals surface area (Å²) in [5, 5.41) is 7.37. The Bertz CT molecular complexity index is 901. The monoisotopic (exact) mass is 381 g/mol. The maximum atomic E-state index is 12.3. The van der Waals surface area contributed by atoms with Gasteiger partial charge in [0.25, 0.3) is 5.91 Å². The van der Waals surface area contributed by atoms with Crippen LogP contribution in [0, 0.1) is 0 Å². The number of carbonyl (C=O) groups excluding carboxylic acids is 1. The molecule has 3 aromatic rings. The maximum absolute atomic E-state index is 12.3. The molecule has 0 spiro atoms. The van der Waals surface area contributed by atoms with E-state index in [1.165, 1.54) is 18.2 Å². The Morgan fingerprint density at radius 1 is 1.04 bits per heavy atom. The van der Waals surface area contributed by atoms with Crippen LogP contribution in [0.3, 0.4) is 0 Å². The number of hydrogen-bond donors (Lipinski definition) is 2. The number of halogens is 3. The lowest BCUT2D eigenvalue weighted by atomic mass is 10.1. The normalized spacial score (nSPS) is 10.6. The van der Waals surface area contributed by atoms with E-state index in [0.717, 1.165) is 0 Å². The number of nitrogen functional groups attached to an aromatic ring is 1. The maximum Gasteiger partial charge on any atom is 0.277 e. The van der Waals surface area contributed by atoms with E-state index in [2.05, 4.69) is 10.5 Å². The third-order valence-corrected chi connectivity index (χ3v) is 4.17. The zero-order chi connectivity index (χ0) is 17.3. The van der Waals surface area contributed by atoms with Gasteiger partial charge in [-0.15, -0.1) is 0 Å². The minimum Gasteiger partial charge on any atom is -0.396 e. The van der Waals surface area contributed by atoms with Crippen molar-refractivity contribution in [3.05, 3.63) is 63.2 Å². The van der Waals surface area contributed by atoms with E-state index >= 15 is 0 Å². The highest BCUT2D eigenvalue weighted by molar-refractivity contribution is 6.39. The molecular formula is C16H10Cl3N3O2. The average molecular weight is 383 g/mol. The van der Waals surface area contributed by atoms with Gasteiger partial charge < -0.3 is 15.6 Å². The van der Waals surface area contributed by atoms with Crippen LogP contribution in [0.2, 0.25) is 15.1 Å². The van der Waals surface area contributed by atoms with Gasteiger partial charge in [-0.3, -0.25) is 4.79 Å². The van der Waals surface area contributed by atoms with Crippen LogP contribution in [0.5, 0.6) is 0 Å². The van der Waals surface area contributed by atoms with Gasteiger partial charge in [-0.1, -0.05) is 52.1 Å². The molecule has 0 fully saturated rings. The molecule has 8 heteroatoms. The predicted molar refractivity (Wildman–Crippen MR) is 95.8 cm³/mol.